The Morgan fingerprint density at radius 3 is 2.65 bits per heavy atom. The Morgan fingerprint density at radius 2 is 2.00 bits per heavy atom. The van der Waals surface area contributed by atoms with Crippen LogP contribution in [0.25, 0.3) is 0 Å². The molecule has 7 nitrogen and oxygen atoms in total. The Bertz CT molecular complexity index is 1050. The number of imide groups is 1. The number of carbonyl (C=O) groups excluding carboxylic acids is 3. The van der Waals surface area contributed by atoms with Crippen LogP contribution in [-0.2, 0) is 9.59 Å². The first-order chi connectivity index (χ1) is 15.1. The van der Waals surface area contributed by atoms with Crippen LogP contribution in [0.5, 0.6) is 0 Å². The van der Waals surface area contributed by atoms with Gasteiger partial charge in [-0.15, -0.1) is 0 Å². The lowest BCUT2D eigenvalue weighted by Gasteiger charge is -2.27. The molecule has 0 saturated carbocycles. The molecule has 1 atom stereocenters. The Labute approximate surface area is 180 Å². The minimum Gasteiger partial charge on any atom is -0.459 e. The van der Waals surface area contributed by atoms with E-state index in [1.165, 1.54) is 23.2 Å². The number of amides is 3. The minimum atomic E-state index is -0.884. The summed E-state index contributed by atoms with van der Waals surface area (Å²) >= 11 is 0. The fourth-order valence-electron chi connectivity index (χ4n) is 4.15. The topological polar surface area (TPSA) is 94.6 Å². The second-order valence-corrected chi connectivity index (χ2v) is 7.78. The number of nitriles is 1. The van der Waals surface area contributed by atoms with Gasteiger partial charge in [-0.3, -0.25) is 14.4 Å². The van der Waals surface area contributed by atoms with E-state index in [2.05, 4.69) is 6.08 Å². The fraction of sp³-hybridized carbons (Fsp3) is 0.333. The van der Waals surface area contributed by atoms with Crippen molar-refractivity contribution in [2.75, 3.05) is 11.4 Å². The molecule has 2 aliphatic rings. The molecule has 1 aromatic heterocycles. The lowest BCUT2D eigenvalue weighted by atomic mass is 9.97. The number of carbonyl (C=O) groups is 3. The third-order valence-corrected chi connectivity index (χ3v) is 5.81. The first-order valence-corrected chi connectivity index (χ1v) is 10.5. The third kappa shape index (κ3) is 4.29. The third-order valence-electron chi connectivity index (χ3n) is 5.81. The zero-order valence-electron chi connectivity index (χ0n) is 17.1. The molecule has 1 saturated heterocycles. The number of furan rings is 1. The minimum absolute atomic E-state index is 0.0790. The number of hydrogen-bond donors (Lipinski definition) is 0. The van der Waals surface area contributed by atoms with Gasteiger partial charge in [0.1, 0.15) is 6.04 Å². The van der Waals surface area contributed by atoms with Crippen molar-refractivity contribution in [3.8, 4) is 6.07 Å². The van der Waals surface area contributed by atoms with Gasteiger partial charge in [0.15, 0.2) is 5.76 Å². The number of nitrogens with zero attached hydrogens (tertiary/aromatic N) is 3. The summed E-state index contributed by atoms with van der Waals surface area (Å²) in [7, 11) is 0. The molecule has 3 amide bonds. The molecular formula is C24H23N3O4. The molecule has 1 aromatic carbocycles. The highest BCUT2D eigenvalue weighted by Gasteiger charge is 2.44. The van der Waals surface area contributed by atoms with E-state index in [9.17, 15) is 14.4 Å². The molecular weight excluding hydrogens is 394 g/mol. The van der Waals surface area contributed by atoms with Gasteiger partial charge in [-0.1, -0.05) is 11.6 Å². The Hall–Kier alpha value is -3.66. The van der Waals surface area contributed by atoms with Crippen LogP contribution < -0.4 is 4.90 Å². The molecule has 0 N–H and O–H groups in total. The summed E-state index contributed by atoms with van der Waals surface area (Å²) in [5, 5.41) is 8.98. The lowest BCUT2D eigenvalue weighted by molar-refractivity contribution is -0.122. The quantitative estimate of drug-likeness (QED) is 0.526. The summed E-state index contributed by atoms with van der Waals surface area (Å²) in [6.07, 6.45) is 8.56. The number of rotatable bonds is 6. The van der Waals surface area contributed by atoms with Crippen LogP contribution in [0.3, 0.4) is 0 Å². The fourth-order valence-corrected chi connectivity index (χ4v) is 4.15. The van der Waals surface area contributed by atoms with E-state index < -0.39 is 17.9 Å². The van der Waals surface area contributed by atoms with Gasteiger partial charge >= 0.3 is 0 Å². The van der Waals surface area contributed by atoms with Crippen molar-refractivity contribution in [2.45, 2.75) is 44.6 Å². The molecule has 31 heavy (non-hydrogen) atoms. The smallest absolute Gasteiger partial charge is 0.290 e. The van der Waals surface area contributed by atoms with E-state index in [1.54, 1.807) is 36.4 Å². The van der Waals surface area contributed by atoms with Crippen molar-refractivity contribution in [1.82, 2.24) is 4.90 Å². The molecule has 1 aliphatic heterocycles. The standard InChI is InChI=1S/C24H23N3O4/c25-16-18-8-10-19(11-9-18)27-22(28)15-20(23(27)29)26(24(30)21-7-4-14-31-21)13-12-17-5-2-1-3-6-17/h4-5,7-11,14,20H,1-3,6,12-13,15H2. The Balaban J connectivity index is 1.58. The van der Waals surface area contributed by atoms with Gasteiger partial charge in [-0.25, -0.2) is 4.90 Å². The maximum Gasteiger partial charge on any atom is 0.290 e. The number of allylic oxidation sites excluding steroid dienone is 1. The monoisotopic (exact) mass is 417 g/mol. The molecule has 1 aliphatic carbocycles. The van der Waals surface area contributed by atoms with Crippen molar-refractivity contribution in [1.29, 1.82) is 5.26 Å². The molecule has 0 radical (unpaired) electrons. The van der Waals surface area contributed by atoms with Crippen LogP contribution >= 0.6 is 0 Å². The highest BCUT2D eigenvalue weighted by Crippen LogP contribution is 2.28. The zero-order chi connectivity index (χ0) is 21.8. The molecule has 1 unspecified atom stereocenters. The number of anilines is 1. The highest BCUT2D eigenvalue weighted by molar-refractivity contribution is 6.23. The SMILES string of the molecule is N#Cc1ccc(N2C(=O)CC(N(CCC3=CCCCC3)C(=O)c3ccco3)C2=O)cc1. The predicted octanol–water partition coefficient (Wildman–Crippen LogP) is 3.82. The second kappa shape index (κ2) is 9.00. The van der Waals surface area contributed by atoms with Gasteiger partial charge < -0.3 is 9.32 Å². The molecule has 7 heteroatoms. The maximum absolute atomic E-state index is 13.2. The molecule has 0 bridgehead atoms. The summed E-state index contributed by atoms with van der Waals surface area (Å²) in [4.78, 5) is 41.7. The average molecular weight is 417 g/mol. The van der Waals surface area contributed by atoms with Gasteiger partial charge in [-0.2, -0.15) is 5.26 Å². The van der Waals surface area contributed by atoms with E-state index in [4.69, 9.17) is 9.68 Å². The van der Waals surface area contributed by atoms with E-state index in [0.717, 1.165) is 24.2 Å². The summed E-state index contributed by atoms with van der Waals surface area (Å²) in [6, 6.07) is 10.6. The maximum atomic E-state index is 13.2. The second-order valence-electron chi connectivity index (χ2n) is 7.78. The predicted molar refractivity (Wildman–Crippen MR) is 113 cm³/mol. The molecule has 158 valence electrons. The van der Waals surface area contributed by atoms with E-state index in [1.807, 2.05) is 6.07 Å². The van der Waals surface area contributed by atoms with Gasteiger partial charge in [-0.05, 0) is 68.5 Å². The first-order valence-electron chi connectivity index (χ1n) is 10.5. The van der Waals surface area contributed by atoms with E-state index in [0.29, 0.717) is 24.2 Å². The van der Waals surface area contributed by atoms with Crippen LogP contribution in [0.2, 0.25) is 0 Å². The van der Waals surface area contributed by atoms with Crippen molar-refractivity contribution < 1.29 is 18.8 Å². The Kier molecular flexibility index (Phi) is 5.99. The zero-order valence-corrected chi connectivity index (χ0v) is 17.1. The van der Waals surface area contributed by atoms with E-state index in [-0.39, 0.29) is 18.1 Å². The van der Waals surface area contributed by atoms with Crippen molar-refractivity contribution in [3.63, 3.8) is 0 Å². The van der Waals surface area contributed by atoms with E-state index >= 15 is 0 Å². The van der Waals surface area contributed by atoms with Crippen LogP contribution in [0.15, 0.2) is 58.7 Å². The molecule has 2 heterocycles. The van der Waals surface area contributed by atoms with Gasteiger partial charge in [0.05, 0.1) is 30.0 Å². The molecule has 4 rings (SSSR count). The Morgan fingerprint density at radius 1 is 1.19 bits per heavy atom. The van der Waals surface area contributed by atoms with Crippen LogP contribution in [0.1, 0.15) is 54.6 Å². The highest BCUT2D eigenvalue weighted by atomic mass is 16.3. The number of hydrogen-bond acceptors (Lipinski definition) is 5. The lowest BCUT2D eigenvalue weighted by Crippen LogP contribution is -2.46. The van der Waals surface area contributed by atoms with Gasteiger partial charge in [0, 0.05) is 6.54 Å². The summed E-state index contributed by atoms with van der Waals surface area (Å²) in [6.45, 7) is 0.344. The van der Waals surface area contributed by atoms with Crippen molar-refractivity contribution >= 4 is 23.4 Å². The van der Waals surface area contributed by atoms with Crippen LogP contribution in [0.4, 0.5) is 5.69 Å². The summed E-state index contributed by atoms with van der Waals surface area (Å²) < 4.78 is 5.28. The molecule has 0 spiro atoms. The summed E-state index contributed by atoms with van der Waals surface area (Å²) in [5.41, 5.74) is 2.12. The van der Waals surface area contributed by atoms with Crippen molar-refractivity contribution in [3.05, 3.63) is 65.6 Å². The largest absolute Gasteiger partial charge is 0.459 e. The van der Waals surface area contributed by atoms with Gasteiger partial charge in [0.25, 0.3) is 11.8 Å². The van der Waals surface area contributed by atoms with Crippen LogP contribution in [-0.4, -0.2) is 35.2 Å². The number of benzene rings is 1. The average Bonchev–Trinajstić information content (AvgIpc) is 3.43. The normalized spacial score (nSPS) is 18.6. The summed E-state index contributed by atoms with van der Waals surface area (Å²) in [5.74, 6) is -1.05. The van der Waals surface area contributed by atoms with Gasteiger partial charge in [0.2, 0.25) is 5.91 Å². The molecule has 1 fully saturated rings. The van der Waals surface area contributed by atoms with Crippen molar-refractivity contribution in [2.24, 2.45) is 0 Å². The molecule has 2 aromatic rings. The first kappa shape index (κ1) is 20.6. The van der Waals surface area contributed by atoms with Crippen LogP contribution in [0, 0.1) is 11.3 Å².